The number of rotatable bonds is 4. The molecule has 2 rings (SSSR count). The molecule has 2 aromatic rings. The van der Waals surface area contributed by atoms with Gasteiger partial charge in [0.05, 0.1) is 20.7 Å². The lowest BCUT2D eigenvalue weighted by Gasteiger charge is -2.20. The molecular weight excluding hydrogens is 351 g/mol. The highest BCUT2D eigenvalue weighted by atomic mass is 35.5. The zero-order valence-corrected chi connectivity index (χ0v) is 13.6. The van der Waals surface area contributed by atoms with Gasteiger partial charge >= 0.3 is 0 Å². The first kappa shape index (κ1) is 16.5. The second-order valence-electron chi connectivity index (χ2n) is 4.27. The fourth-order valence-electron chi connectivity index (χ4n) is 1.84. The lowest BCUT2D eigenvalue weighted by molar-refractivity contribution is -0.387. The molecular formula is C13H10Cl2N2O4S. The molecule has 0 N–H and O–H groups in total. The predicted molar refractivity (Wildman–Crippen MR) is 85.1 cm³/mol. The summed E-state index contributed by atoms with van der Waals surface area (Å²) in [5.41, 5.74) is -0.375. The van der Waals surface area contributed by atoms with Gasteiger partial charge in [0.2, 0.25) is 0 Å². The van der Waals surface area contributed by atoms with Crippen LogP contribution in [0, 0.1) is 10.1 Å². The van der Waals surface area contributed by atoms with E-state index in [9.17, 15) is 18.5 Å². The van der Waals surface area contributed by atoms with Crippen molar-refractivity contribution in [2.45, 2.75) is 4.90 Å². The van der Waals surface area contributed by atoms with E-state index in [2.05, 4.69) is 0 Å². The second kappa shape index (κ2) is 6.12. The summed E-state index contributed by atoms with van der Waals surface area (Å²) in [6, 6.07) is 9.61. The monoisotopic (exact) mass is 360 g/mol. The van der Waals surface area contributed by atoms with Crippen LogP contribution in [0.2, 0.25) is 10.0 Å². The minimum Gasteiger partial charge on any atom is -0.268 e. The molecule has 0 fully saturated rings. The van der Waals surface area contributed by atoms with E-state index < -0.39 is 25.5 Å². The zero-order chi connectivity index (χ0) is 16.5. The minimum atomic E-state index is -4.16. The number of nitro benzene ring substituents is 1. The van der Waals surface area contributed by atoms with Gasteiger partial charge in [-0.2, -0.15) is 0 Å². The Kier molecular flexibility index (Phi) is 4.60. The summed E-state index contributed by atoms with van der Waals surface area (Å²) in [5.74, 6) is 0. The molecule has 0 aliphatic heterocycles. The summed E-state index contributed by atoms with van der Waals surface area (Å²) in [7, 11) is -2.90. The molecule has 2 aromatic carbocycles. The topological polar surface area (TPSA) is 80.5 Å². The molecule has 9 heteroatoms. The average molecular weight is 361 g/mol. The second-order valence-corrected chi connectivity index (χ2v) is 6.99. The molecule has 0 aromatic heterocycles. The van der Waals surface area contributed by atoms with Gasteiger partial charge < -0.3 is 0 Å². The third-order valence-electron chi connectivity index (χ3n) is 2.97. The first-order valence-corrected chi connectivity index (χ1v) is 8.12. The SMILES string of the molecule is CN(c1cccc(Cl)c1Cl)S(=O)(=O)c1ccccc1[N+](=O)[O-]. The molecule has 0 unspecified atom stereocenters. The van der Waals surface area contributed by atoms with E-state index in [4.69, 9.17) is 23.2 Å². The minimum absolute atomic E-state index is 0.0498. The fraction of sp³-hybridized carbons (Fsp3) is 0.0769. The maximum absolute atomic E-state index is 12.6. The standard InChI is InChI=1S/C13H10Cl2N2O4S/c1-16(11-7-4-5-9(14)13(11)15)22(20,21)12-8-3-2-6-10(12)17(18)19/h2-8H,1H3. The average Bonchev–Trinajstić information content (AvgIpc) is 2.49. The first-order chi connectivity index (χ1) is 10.3. The number of anilines is 1. The van der Waals surface area contributed by atoms with E-state index in [0.29, 0.717) is 0 Å². The molecule has 0 amide bonds. The van der Waals surface area contributed by atoms with Crippen molar-refractivity contribution in [1.82, 2.24) is 0 Å². The molecule has 0 heterocycles. The van der Waals surface area contributed by atoms with E-state index in [1.54, 1.807) is 0 Å². The molecule has 0 saturated heterocycles. The predicted octanol–water partition coefficient (Wildman–Crippen LogP) is 3.73. The van der Waals surface area contributed by atoms with Crippen molar-refractivity contribution in [3.8, 4) is 0 Å². The summed E-state index contributed by atoms with van der Waals surface area (Å²) in [6.07, 6.45) is 0. The van der Waals surface area contributed by atoms with Crippen molar-refractivity contribution < 1.29 is 13.3 Å². The van der Waals surface area contributed by atoms with Crippen LogP contribution in [0.15, 0.2) is 47.4 Å². The van der Waals surface area contributed by atoms with Gasteiger partial charge in [0.25, 0.3) is 15.7 Å². The Labute approximate surface area is 137 Å². The maximum atomic E-state index is 12.6. The van der Waals surface area contributed by atoms with E-state index in [1.807, 2.05) is 0 Å². The largest absolute Gasteiger partial charge is 0.289 e. The molecule has 0 radical (unpaired) electrons. The van der Waals surface area contributed by atoms with Crippen LogP contribution < -0.4 is 4.31 Å². The lowest BCUT2D eigenvalue weighted by Crippen LogP contribution is -2.27. The van der Waals surface area contributed by atoms with Crippen LogP contribution >= 0.6 is 23.2 Å². The van der Waals surface area contributed by atoms with Crippen molar-refractivity contribution in [3.63, 3.8) is 0 Å². The molecule has 0 aliphatic carbocycles. The summed E-state index contributed by atoms with van der Waals surface area (Å²) >= 11 is 11.9. The number of nitrogens with zero attached hydrogens (tertiary/aromatic N) is 2. The summed E-state index contributed by atoms with van der Waals surface area (Å²) in [4.78, 5) is 9.86. The molecule has 0 bridgehead atoms. The van der Waals surface area contributed by atoms with Crippen molar-refractivity contribution in [3.05, 3.63) is 62.6 Å². The number of benzene rings is 2. The van der Waals surface area contributed by atoms with E-state index >= 15 is 0 Å². The molecule has 6 nitrogen and oxygen atoms in total. The summed E-state index contributed by atoms with van der Waals surface area (Å²) in [6.45, 7) is 0. The van der Waals surface area contributed by atoms with Crippen molar-refractivity contribution >= 4 is 44.6 Å². The first-order valence-electron chi connectivity index (χ1n) is 5.93. The number of halogens is 2. The highest BCUT2D eigenvalue weighted by molar-refractivity contribution is 7.93. The van der Waals surface area contributed by atoms with Crippen molar-refractivity contribution in [1.29, 1.82) is 0 Å². The Balaban J connectivity index is 2.61. The van der Waals surface area contributed by atoms with Gasteiger partial charge in [-0.05, 0) is 18.2 Å². The number of hydrogen-bond acceptors (Lipinski definition) is 4. The van der Waals surface area contributed by atoms with Crippen molar-refractivity contribution in [2.24, 2.45) is 0 Å². The molecule has 0 spiro atoms. The Bertz CT molecular complexity index is 840. The molecule has 0 atom stereocenters. The van der Waals surface area contributed by atoms with Gasteiger partial charge in [-0.25, -0.2) is 8.42 Å². The van der Waals surface area contributed by atoms with Gasteiger partial charge in [0.1, 0.15) is 0 Å². The van der Waals surface area contributed by atoms with Gasteiger partial charge in [0, 0.05) is 13.1 Å². The van der Waals surface area contributed by atoms with Crippen LogP contribution in [-0.2, 0) is 10.0 Å². The molecule has 116 valence electrons. The quantitative estimate of drug-likeness (QED) is 0.614. The zero-order valence-electron chi connectivity index (χ0n) is 11.2. The van der Waals surface area contributed by atoms with Crippen LogP contribution in [0.3, 0.4) is 0 Å². The van der Waals surface area contributed by atoms with Crippen LogP contribution in [0.5, 0.6) is 0 Å². The van der Waals surface area contributed by atoms with Gasteiger partial charge in [0.15, 0.2) is 4.90 Å². The molecule has 22 heavy (non-hydrogen) atoms. The molecule has 0 saturated carbocycles. The Morgan fingerprint density at radius 2 is 1.73 bits per heavy atom. The third-order valence-corrected chi connectivity index (χ3v) is 5.60. The van der Waals surface area contributed by atoms with E-state index in [1.165, 1.54) is 43.4 Å². The fourth-order valence-corrected chi connectivity index (χ4v) is 3.67. The smallest absolute Gasteiger partial charge is 0.268 e. The van der Waals surface area contributed by atoms with Gasteiger partial charge in [-0.15, -0.1) is 0 Å². The van der Waals surface area contributed by atoms with Crippen LogP contribution in [0.25, 0.3) is 0 Å². The highest BCUT2D eigenvalue weighted by Gasteiger charge is 2.30. The van der Waals surface area contributed by atoms with E-state index in [-0.39, 0.29) is 15.7 Å². The van der Waals surface area contributed by atoms with Crippen LogP contribution in [0.1, 0.15) is 0 Å². The van der Waals surface area contributed by atoms with Crippen LogP contribution in [0.4, 0.5) is 11.4 Å². The summed E-state index contributed by atoms with van der Waals surface area (Å²) < 4.78 is 26.1. The van der Waals surface area contributed by atoms with Gasteiger partial charge in [-0.1, -0.05) is 41.4 Å². The normalized spacial score (nSPS) is 11.2. The Morgan fingerprint density at radius 3 is 2.36 bits per heavy atom. The van der Waals surface area contributed by atoms with Crippen molar-refractivity contribution in [2.75, 3.05) is 11.4 Å². The van der Waals surface area contributed by atoms with Crippen LogP contribution in [-0.4, -0.2) is 20.4 Å². The number of hydrogen-bond donors (Lipinski definition) is 0. The number of nitro groups is 1. The molecule has 0 aliphatic rings. The third kappa shape index (κ3) is 2.87. The highest BCUT2D eigenvalue weighted by Crippen LogP contribution is 2.35. The summed E-state index contributed by atoms with van der Waals surface area (Å²) in [5, 5.41) is 11.3. The Morgan fingerprint density at radius 1 is 1.09 bits per heavy atom. The Hall–Kier alpha value is -1.83. The maximum Gasteiger partial charge on any atom is 0.289 e. The number of sulfonamides is 1. The number of para-hydroxylation sites is 1. The van der Waals surface area contributed by atoms with Gasteiger partial charge in [-0.3, -0.25) is 14.4 Å². The van der Waals surface area contributed by atoms with E-state index in [0.717, 1.165) is 10.4 Å². The lowest BCUT2D eigenvalue weighted by atomic mass is 10.3.